The maximum Gasteiger partial charge on any atom is 0.149 e. The normalized spacial score (nSPS) is 12.9. The van der Waals surface area contributed by atoms with E-state index >= 15 is 0 Å². The largest absolute Gasteiger partial charge is 0.394 e. The van der Waals surface area contributed by atoms with E-state index in [2.05, 4.69) is 15.3 Å². The van der Waals surface area contributed by atoms with Gasteiger partial charge in [-0.25, -0.2) is 4.98 Å². The molecule has 0 amide bonds. The Bertz CT molecular complexity index is 293. The van der Waals surface area contributed by atoms with Gasteiger partial charge < -0.3 is 10.4 Å². The molecule has 1 rings (SSSR count). The summed E-state index contributed by atoms with van der Waals surface area (Å²) in [6.07, 6.45) is 3.05. The number of hydrogen-bond donors (Lipinski definition) is 2. The fourth-order valence-electron chi connectivity index (χ4n) is 1.02. The Morgan fingerprint density at radius 2 is 2.21 bits per heavy atom. The third-order valence-electron chi connectivity index (χ3n) is 1.94. The third kappa shape index (κ3) is 3.12. The Labute approximate surface area is 88.3 Å². The van der Waals surface area contributed by atoms with Crippen molar-refractivity contribution in [1.29, 1.82) is 0 Å². The lowest BCUT2D eigenvalue weighted by Crippen LogP contribution is -2.29. The molecule has 0 aliphatic rings. The van der Waals surface area contributed by atoms with E-state index in [1.807, 2.05) is 13.8 Å². The fourth-order valence-corrected chi connectivity index (χ4v) is 1.17. The third-order valence-corrected chi connectivity index (χ3v) is 2.12. The van der Waals surface area contributed by atoms with Gasteiger partial charge in [-0.15, -0.1) is 0 Å². The second-order valence-electron chi connectivity index (χ2n) is 3.40. The SMILES string of the molecule is CC(C)[C@H](CO)Nc1cncc(Cl)n1. The van der Waals surface area contributed by atoms with Crippen LogP contribution in [0.3, 0.4) is 0 Å². The average Bonchev–Trinajstić information content (AvgIpc) is 2.14. The highest BCUT2D eigenvalue weighted by atomic mass is 35.5. The van der Waals surface area contributed by atoms with Gasteiger partial charge in [-0.05, 0) is 5.92 Å². The van der Waals surface area contributed by atoms with Crippen molar-refractivity contribution in [3.05, 3.63) is 17.5 Å². The van der Waals surface area contributed by atoms with Crippen LogP contribution in [-0.2, 0) is 0 Å². The van der Waals surface area contributed by atoms with Gasteiger partial charge in [-0.1, -0.05) is 25.4 Å². The van der Waals surface area contributed by atoms with Crippen molar-refractivity contribution in [1.82, 2.24) is 9.97 Å². The van der Waals surface area contributed by atoms with Crippen LogP contribution in [0.15, 0.2) is 12.4 Å². The fraction of sp³-hybridized carbons (Fsp3) is 0.556. The molecule has 0 bridgehead atoms. The van der Waals surface area contributed by atoms with Gasteiger partial charge >= 0.3 is 0 Å². The molecule has 1 aromatic rings. The molecule has 0 saturated heterocycles. The Morgan fingerprint density at radius 3 is 2.71 bits per heavy atom. The van der Waals surface area contributed by atoms with E-state index < -0.39 is 0 Å². The molecule has 0 saturated carbocycles. The summed E-state index contributed by atoms with van der Waals surface area (Å²) in [5, 5.41) is 12.5. The molecule has 78 valence electrons. The molecule has 0 radical (unpaired) electrons. The van der Waals surface area contributed by atoms with Crippen LogP contribution in [0.4, 0.5) is 5.82 Å². The molecule has 0 aliphatic heterocycles. The number of anilines is 1. The van der Waals surface area contributed by atoms with E-state index in [1.165, 1.54) is 6.20 Å². The van der Waals surface area contributed by atoms with Crippen molar-refractivity contribution in [2.45, 2.75) is 19.9 Å². The minimum Gasteiger partial charge on any atom is -0.394 e. The van der Waals surface area contributed by atoms with Gasteiger partial charge in [0.15, 0.2) is 0 Å². The molecule has 2 N–H and O–H groups in total. The lowest BCUT2D eigenvalue weighted by Gasteiger charge is -2.20. The van der Waals surface area contributed by atoms with E-state index in [0.29, 0.717) is 16.9 Å². The van der Waals surface area contributed by atoms with Crippen LogP contribution in [0.1, 0.15) is 13.8 Å². The molecule has 14 heavy (non-hydrogen) atoms. The van der Waals surface area contributed by atoms with Crippen molar-refractivity contribution in [3.63, 3.8) is 0 Å². The maximum atomic E-state index is 9.08. The summed E-state index contributed by atoms with van der Waals surface area (Å²) >= 11 is 5.67. The number of rotatable bonds is 4. The predicted molar refractivity (Wildman–Crippen MR) is 56.4 cm³/mol. The van der Waals surface area contributed by atoms with Gasteiger partial charge in [0.1, 0.15) is 11.0 Å². The Morgan fingerprint density at radius 1 is 1.50 bits per heavy atom. The zero-order valence-corrected chi connectivity index (χ0v) is 8.99. The van der Waals surface area contributed by atoms with Crippen LogP contribution in [0.5, 0.6) is 0 Å². The summed E-state index contributed by atoms with van der Waals surface area (Å²) in [5.41, 5.74) is 0. The number of nitrogens with one attached hydrogen (secondary N) is 1. The van der Waals surface area contributed by atoms with Gasteiger partial charge in [-0.2, -0.15) is 0 Å². The first-order chi connectivity index (χ1) is 6.63. The van der Waals surface area contributed by atoms with Crippen LogP contribution >= 0.6 is 11.6 Å². The number of halogens is 1. The molecular formula is C9H14ClN3O. The Hall–Kier alpha value is -0.870. The Kier molecular flexibility index (Phi) is 4.10. The van der Waals surface area contributed by atoms with E-state index in [-0.39, 0.29) is 12.6 Å². The van der Waals surface area contributed by atoms with Gasteiger partial charge in [0.25, 0.3) is 0 Å². The number of aromatic nitrogens is 2. The second-order valence-corrected chi connectivity index (χ2v) is 3.79. The van der Waals surface area contributed by atoms with Crippen molar-refractivity contribution >= 4 is 17.4 Å². The predicted octanol–water partition coefficient (Wildman–Crippen LogP) is 1.56. The van der Waals surface area contributed by atoms with Crippen molar-refractivity contribution in [3.8, 4) is 0 Å². The van der Waals surface area contributed by atoms with E-state index in [1.54, 1.807) is 6.20 Å². The van der Waals surface area contributed by atoms with Gasteiger partial charge in [0.2, 0.25) is 0 Å². The van der Waals surface area contributed by atoms with Crippen molar-refractivity contribution in [2.75, 3.05) is 11.9 Å². The van der Waals surface area contributed by atoms with E-state index in [4.69, 9.17) is 16.7 Å². The summed E-state index contributed by atoms with van der Waals surface area (Å²) in [5.74, 6) is 0.908. The molecule has 1 heterocycles. The Balaban J connectivity index is 2.67. The molecular weight excluding hydrogens is 202 g/mol. The maximum absolute atomic E-state index is 9.08. The standard InChI is InChI=1S/C9H14ClN3O/c1-6(2)7(5-14)12-9-4-11-3-8(10)13-9/h3-4,6-7,14H,5H2,1-2H3,(H,12,13)/t7-/m0/s1. The smallest absolute Gasteiger partial charge is 0.149 e. The lowest BCUT2D eigenvalue weighted by molar-refractivity contribution is 0.249. The monoisotopic (exact) mass is 215 g/mol. The van der Waals surface area contributed by atoms with Crippen molar-refractivity contribution < 1.29 is 5.11 Å². The highest BCUT2D eigenvalue weighted by Gasteiger charge is 2.12. The number of aliphatic hydroxyl groups is 1. The summed E-state index contributed by atoms with van der Waals surface area (Å²) in [4.78, 5) is 7.92. The summed E-state index contributed by atoms with van der Waals surface area (Å²) in [7, 11) is 0. The average molecular weight is 216 g/mol. The molecule has 0 unspecified atom stereocenters. The molecule has 1 aromatic heterocycles. The topological polar surface area (TPSA) is 58.0 Å². The summed E-state index contributed by atoms with van der Waals surface area (Å²) < 4.78 is 0. The lowest BCUT2D eigenvalue weighted by atomic mass is 10.1. The highest BCUT2D eigenvalue weighted by Crippen LogP contribution is 2.11. The molecule has 0 fully saturated rings. The van der Waals surface area contributed by atoms with Gasteiger partial charge in [0.05, 0.1) is 25.0 Å². The molecule has 0 aromatic carbocycles. The minimum atomic E-state index is -0.0252. The van der Waals surface area contributed by atoms with E-state index in [0.717, 1.165) is 0 Å². The van der Waals surface area contributed by atoms with Crippen LogP contribution in [0.2, 0.25) is 5.15 Å². The first-order valence-corrected chi connectivity index (χ1v) is 4.86. The van der Waals surface area contributed by atoms with Crippen LogP contribution < -0.4 is 5.32 Å². The van der Waals surface area contributed by atoms with Crippen molar-refractivity contribution in [2.24, 2.45) is 5.92 Å². The molecule has 0 aliphatic carbocycles. The second kappa shape index (κ2) is 5.12. The van der Waals surface area contributed by atoms with Gasteiger partial charge in [0, 0.05) is 0 Å². The molecule has 5 heteroatoms. The zero-order chi connectivity index (χ0) is 10.6. The van der Waals surface area contributed by atoms with Crippen LogP contribution in [0, 0.1) is 5.92 Å². The van der Waals surface area contributed by atoms with Crippen LogP contribution in [0.25, 0.3) is 0 Å². The molecule has 1 atom stereocenters. The number of aliphatic hydroxyl groups excluding tert-OH is 1. The number of hydrogen-bond acceptors (Lipinski definition) is 4. The van der Waals surface area contributed by atoms with E-state index in [9.17, 15) is 0 Å². The summed E-state index contributed by atoms with van der Waals surface area (Å²) in [6, 6.07) is -0.0252. The van der Waals surface area contributed by atoms with Gasteiger partial charge in [-0.3, -0.25) is 4.98 Å². The van der Waals surface area contributed by atoms with Crippen LogP contribution in [-0.4, -0.2) is 27.7 Å². The quantitative estimate of drug-likeness (QED) is 0.801. The molecule has 0 spiro atoms. The molecule has 4 nitrogen and oxygen atoms in total. The summed E-state index contributed by atoms with van der Waals surface area (Å²) in [6.45, 7) is 4.10. The highest BCUT2D eigenvalue weighted by molar-refractivity contribution is 6.29. The minimum absolute atomic E-state index is 0.0252. The first-order valence-electron chi connectivity index (χ1n) is 4.48. The number of nitrogens with zero attached hydrogens (tertiary/aromatic N) is 2. The first kappa shape index (κ1) is 11.2. The zero-order valence-electron chi connectivity index (χ0n) is 8.24.